The quantitative estimate of drug-likeness (QED) is 0.0987. The Hall–Kier alpha value is -4.39. The number of amides is 5. The summed E-state index contributed by atoms with van der Waals surface area (Å²) < 4.78 is 5.76. The van der Waals surface area contributed by atoms with E-state index in [4.69, 9.17) is 9.84 Å². The van der Waals surface area contributed by atoms with Crippen molar-refractivity contribution in [2.45, 2.75) is 160 Å². The molecule has 1 aromatic carbocycles. The molecule has 2 saturated carbocycles. The number of hydrogen-bond donors (Lipinski definition) is 6. The molecular formula is C45H72N6O7. The van der Waals surface area contributed by atoms with Gasteiger partial charge in [-0.3, -0.25) is 19.2 Å². The predicted molar refractivity (Wildman–Crippen MR) is 227 cm³/mol. The van der Waals surface area contributed by atoms with Crippen molar-refractivity contribution in [3.63, 3.8) is 0 Å². The number of nitrogens with zero attached hydrogens (tertiary/aromatic N) is 1. The molecule has 6 N–H and O–H groups in total. The van der Waals surface area contributed by atoms with Crippen molar-refractivity contribution in [2.75, 3.05) is 20.1 Å². The Balaban J connectivity index is 0.00000169. The highest BCUT2D eigenvalue weighted by Gasteiger charge is 2.42. The van der Waals surface area contributed by atoms with Crippen LogP contribution >= 0.6 is 0 Å². The molecule has 3 aliphatic rings. The molecule has 13 nitrogen and oxygen atoms in total. The van der Waals surface area contributed by atoms with Crippen LogP contribution < -0.4 is 26.6 Å². The van der Waals surface area contributed by atoms with E-state index in [1.165, 1.54) is 0 Å². The zero-order valence-corrected chi connectivity index (χ0v) is 36.2. The van der Waals surface area contributed by atoms with E-state index < -0.39 is 47.4 Å². The Morgan fingerprint density at radius 1 is 0.879 bits per heavy atom. The number of benzene rings is 1. The summed E-state index contributed by atoms with van der Waals surface area (Å²) in [7, 11) is 1.56. The minimum atomic E-state index is -0.785. The number of alkyl carbamates (subject to hydrolysis) is 1. The Bertz CT molecular complexity index is 1540. The van der Waals surface area contributed by atoms with Gasteiger partial charge < -0.3 is 41.3 Å². The molecule has 324 valence electrons. The standard InChI is InChI=1S/C41H62N6O6.C4H10O/c1-7-23-41(4,5)53-40(52)46-35(31-20-12-9-13-21-31)39(51)47-24-15-22-33(47)37(49)45-32(25-29-16-14-17-29)28(3)36(48)43-26-27(2)44-34(38(50)42-6)30-18-10-8-11-19-30;1-4(2,3)5/h8,10-11,18-19,29,31-35,44H,2-3,7,9,12-17,20-26H2,1,4-6H3,(H,42,50)(H,43,48)(H,45,49)(H,46,52);5H,1-3H3. The zero-order chi connectivity index (χ0) is 43.0. The number of likely N-dealkylation sites (tertiary alicyclic amines) is 1. The third-order valence-corrected chi connectivity index (χ3v) is 11.0. The van der Waals surface area contributed by atoms with Crippen LogP contribution in [0.5, 0.6) is 0 Å². The van der Waals surface area contributed by atoms with E-state index in [2.05, 4.69) is 39.7 Å². The topological polar surface area (TPSA) is 178 Å². The maximum atomic E-state index is 14.3. The van der Waals surface area contributed by atoms with E-state index in [1.807, 2.05) is 51.1 Å². The van der Waals surface area contributed by atoms with Crippen molar-refractivity contribution in [3.8, 4) is 0 Å². The van der Waals surface area contributed by atoms with Crippen molar-refractivity contribution < 1.29 is 33.8 Å². The lowest BCUT2D eigenvalue weighted by molar-refractivity contribution is -0.141. The second kappa shape index (κ2) is 22.7. The highest BCUT2D eigenvalue weighted by molar-refractivity contribution is 5.96. The summed E-state index contributed by atoms with van der Waals surface area (Å²) >= 11 is 0. The van der Waals surface area contributed by atoms with Gasteiger partial charge >= 0.3 is 6.09 Å². The van der Waals surface area contributed by atoms with Crippen LogP contribution in [0.25, 0.3) is 0 Å². The molecule has 1 aromatic rings. The highest BCUT2D eigenvalue weighted by atomic mass is 16.6. The number of likely N-dealkylation sites (N-methyl/N-ethyl adjacent to an activating group) is 1. The van der Waals surface area contributed by atoms with Crippen LogP contribution in [0.4, 0.5) is 4.79 Å². The van der Waals surface area contributed by atoms with Gasteiger partial charge in [0.25, 0.3) is 0 Å². The van der Waals surface area contributed by atoms with Crippen molar-refractivity contribution in [2.24, 2.45) is 11.8 Å². The monoisotopic (exact) mass is 809 g/mol. The lowest BCUT2D eigenvalue weighted by atomic mass is 9.79. The molecule has 0 spiro atoms. The first-order valence-corrected chi connectivity index (χ1v) is 21.3. The third kappa shape index (κ3) is 15.8. The van der Waals surface area contributed by atoms with Crippen LogP contribution in [0.1, 0.15) is 137 Å². The van der Waals surface area contributed by atoms with E-state index in [9.17, 15) is 24.0 Å². The minimum Gasteiger partial charge on any atom is -0.444 e. The summed E-state index contributed by atoms with van der Waals surface area (Å²) in [5.41, 5.74) is 0.239. The van der Waals surface area contributed by atoms with E-state index in [-0.39, 0.29) is 35.8 Å². The van der Waals surface area contributed by atoms with Crippen LogP contribution in [0.15, 0.2) is 54.8 Å². The van der Waals surface area contributed by atoms with Gasteiger partial charge in [-0.25, -0.2) is 4.79 Å². The first-order chi connectivity index (χ1) is 27.3. The molecule has 3 fully saturated rings. The van der Waals surface area contributed by atoms with Gasteiger partial charge in [0.2, 0.25) is 23.6 Å². The summed E-state index contributed by atoms with van der Waals surface area (Å²) in [4.78, 5) is 69.2. The van der Waals surface area contributed by atoms with Gasteiger partial charge in [-0.2, -0.15) is 0 Å². The fourth-order valence-electron chi connectivity index (χ4n) is 7.81. The second-order valence-corrected chi connectivity index (χ2v) is 17.8. The van der Waals surface area contributed by atoms with Crippen LogP contribution in [0.2, 0.25) is 0 Å². The Kier molecular flexibility index (Phi) is 18.8. The molecule has 0 bridgehead atoms. The maximum absolute atomic E-state index is 14.3. The summed E-state index contributed by atoms with van der Waals surface area (Å²) in [5.74, 6) is -0.952. The number of ether oxygens (including phenoxy) is 1. The number of rotatable bonds is 18. The molecule has 1 aliphatic heterocycles. The fourth-order valence-corrected chi connectivity index (χ4v) is 7.81. The van der Waals surface area contributed by atoms with Gasteiger partial charge in [-0.1, -0.05) is 95.4 Å². The number of carbonyl (C=O) groups is 5. The zero-order valence-electron chi connectivity index (χ0n) is 36.2. The minimum absolute atomic E-state index is 0.0409. The van der Waals surface area contributed by atoms with Gasteiger partial charge in [0.15, 0.2) is 0 Å². The molecule has 5 amide bonds. The van der Waals surface area contributed by atoms with Crippen molar-refractivity contribution in [1.82, 2.24) is 31.5 Å². The lowest BCUT2D eigenvalue weighted by Crippen LogP contribution is -2.57. The first kappa shape index (κ1) is 48.0. The average molecular weight is 809 g/mol. The average Bonchev–Trinajstić information content (AvgIpc) is 3.65. The molecule has 58 heavy (non-hydrogen) atoms. The summed E-state index contributed by atoms with van der Waals surface area (Å²) in [6.07, 6.45) is 10.4. The third-order valence-electron chi connectivity index (χ3n) is 11.0. The first-order valence-electron chi connectivity index (χ1n) is 21.3. The number of nitrogens with one attached hydrogen (secondary N) is 5. The van der Waals surface area contributed by atoms with Crippen LogP contribution in [-0.4, -0.2) is 89.2 Å². The number of aliphatic hydroxyl groups is 1. The van der Waals surface area contributed by atoms with E-state index in [1.54, 1.807) is 32.7 Å². The van der Waals surface area contributed by atoms with Crippen LogP contribution in [0, 0.1) is 11.8 Å². The van der Waals surface area contributed by atoms with Gasteiger partial charge in [0.1, 0.15) is 23.7 Å². The molecule has 13 heteroatoms. The molecule has 2 aliphatic carbocycles. The Morgan fingerprint density at radius 2 is 1.52 bits per heavy atom. The van der Waals surface area contributed by atoms with Crippen molar-refractivity contribution >= 4 is 29.7 Å². The highest BCUT2D eigenvalue weighted by Crippen LogP contribution is 2.33. The van der Waals surface area contributed by atoms with Gasteiger partial charge in [0, 0.05) is 24.9 Å². The molecule has 1 heterocycles. The van der Waals surface area contributed by atoms with E-state index in [0.29, 0.717) is 43.8 Å². The van der Waals surface area contributed by atoms with Gasteiger partial charge in [-0.05, 0) is 90.5 Å². The SMILES string of the molecule is C=C(CNC(=O)C(=C)C(CC1CCC1)NC(=O)C1CCCN1C(=O)C(NC(=O)OC(C)(C)CCC)C1CCCCC1)NC(C(=O)NC)c1ccccc1.CC(C)(C)O. The Labute approximate surface area is 346 Å². The predicted octanol–water partition coefficient (Wildman–Crippen LogP) is 5.95. The van der Waals surface area contributed by atoms with Crippen LogP contribution in [0.3, 0.4) is 0 Å². The second-order valence-electron chi connectivity index (χ2n) is 17.8. The molecule has 1 saturated heterocycles. The molecule has 0 aromatic heterocycles. The molecule has 4 rings (SSSR count). The van der Waals surface area contributed by atoms with Crippen molar-refractivity contribution in [1.29, 1.82) is 0 Å². The summed E-state index contributed by atoms with van der Waals surface area (Å²) in [5, 5.41) is 23.2. The molecule has 4 atom stereocenters. The normalized spacial score (nSPS) is 18.8. The number of hydrogen-bond acceptors (Lipinski definition) is 8. The van der Waals surface area contributed by atoms with Crippen LogP contribution in [-0.2, 0) is 23.9 Å². The molecular weight excluding hydrogens is 737 g/mol. The summed E-state index contributed by atoms with van der Waals surface area (Å²) in [6, 6.07) is 6.39. The van der Waals surface area contributed by atoms with Gasteiger partial charge in [-0.15, -0.1) is 0 Å². The lowest BCUT2D eigenvalue weighted by Gasteiger charge is -2.36. The molecule has 0 radical (unpaired) electrons. The maximum Gasteiger partial charge on any atom is 0.408 e. The van der Waals surface area contributed by atoms with E-state index in [0.717, 1.165) is 63.4 Å². The smallest absolute Gasteiger partial charge is 0.408 e. The fraction of sp³-hybridized carbons (Fsp3) is 0.667. The van der Waals surface area contributed by atoms with E-state index >= 15 is 0 Å². The molecule has 4 unspecified atom stereocenters. The largest absolute Gasteiger partial charge is 0.444 e. The Morgan fingerprint density at radius 3 is 2.09 bits per heavy atom. The van der Waals surface area contributed by atoms with Crippen molar-refractivity contribution in [3.05, 3.63) is 60.3 Å². The summed E-state index contributed by atoms with van der Waals surface area (Å²) in [6.45, 7) is 19.6. The van der Waals surface area contributed by atoms with Gasteiger partial charge in [0.05, 0.1) is 18.2 Å². The number of carbonyl (C=O) groups excluding carboxylic acids is 5.